The topological polar surface area (TPSA) is 83.3 Å². The van der Waals surface area contributed by atoms with Crippen LogP contribution in [0.15, 0.2) is 61.3 Å². The predicted molar refractivity (Wildman–Crippen MR) is 122 cm³/mol. The van der Waals surface area contributed by atoms with Gasteiger partial charge in [0, 0.05) is 49.3 Å². The molecule has 5 rings (SSSR count). The standard InChI is InChI=1S/C23H26N8/c1-16-13-30(14-17(2)28-16)21-5-3-4-19(29-21)12-25-23-22-20(18-6-9-24-10-7-18)8-11-31(22)27-15-26-23/h3-11,15-17,28H,12-14H2,1-2H3,(H,25,26,27)/t16-,17+. The summed E-state index contributed by atoms with van der Waals surface area (Å²) in [6.45, 7) is 6.93. The second kappa shape index (κ2) is 8.31. The Morgan fingerprint density at radius 1 is 1.06 bits per heavy atom. The highest BCUT2D eigenvalue weighted by Crippen LogP contribution is 2.29. The zero-order valence-corrected chi connectivity index (χ0v) is 17.7. The highest BCUT2D eigenvalue weighted by atomic mass is 15.3. The summed E-state index contributed by atoms with van der Waals surface area (Å²) in [5, 5.41) is 11.4. The van der Waals surface area contributed by atoms with Crippen LogP contribution in [0.1, 0.15) is 19.5 Å². The van der Waals surface area contributed by atoms with Crippen LogP contribution in [-0.4, -0.2) is 49.7 Å². The Labute approximate surface area is 181 Å². The lowest BCUT2D eigenvalue weighted by atomic mass is 10.1. The molecule has 8 heteroatoms. The molecule has 0 unspecified atom stereocenters. The molecule has 0 spiro atoms. The van der Waals surface area contributed by atoms with E-state index in [9.17, 15) is 0 Å². The van der Waals surface area contributed by atoms with Crippen molar-refractivity contribution in [1.29, 1.82) is 0 Å². The molecular weight excluding hydrogens is 388 g/mol. The molecule has 0 radical (unpaired) electrons. The molecule has 0 bridgehead atoms. The minimum atomic E-state index is 0.447. The van der Waals surface area contributed by atoms with Gasteiger partial charge in [0.1, 0.15) is 17.7 Å². The largest absolute Gasteiger partial charge is 0.363 e. The summed E-state index contributed by atoms with van der Waals surface area (Å²) in [7, 11) is 0. The highest BCUT2D eigenvalue weighted by molar-refractivity contribution is 5.88. The van der Waals surface area contributed by atoms with E-state index in [0.717, 1.165) is 47.1 Å². The van der Waals surface area contributed by atoms with E-state index in [1.165, 1.54) is 0 Å². The van der Waals surface area contributed by atoms with Gasteiger partial charge in [-0.25, -0.2) is 14.5 Å². The quantitative estimate of drug-likeness (QED) is 0.519. The number of pyridine rings is 2. The van der Waals surface area contributed by atoms with Crippen LogP contribution >= 0.6 is 0 Å². The third-order valence-corrected chi connectivity index (χ3v) is 5.56. The number of rotatable bonds is 5. The molecule has 0 aliphatic carbocycles. The molecule has 5 heterocycles. The molecule has 2 N–H and O–H groups in total. The van der Waals surface area contributed by atoms with Crippen LogP contribution in [0.25, 0.3) is 16.6 Å². The van der Waals surface area contributed by atoms with Crippen LogP contribution in [0.5, 0.6) is 0 Å². The summed E-state index contributed by atoms with van der Waals surface area (Å²) < 4.78 is 1.85. The molecule has 0 aromatic carbocycles. The third kappa shape index (κ3) is 4.06. The van der Waals surface area contributed by atoms with Crippen molar-refractivity contribution in [2.24, 2.45) is 0 Å². The fourth-order valence-corrected chi connectivity index (χ4v) is 4.28. The van der Waals surface area contributed by atoms with Crippen molar-refractivity contribution in [1.82, 2.24) is 29.9 Å². The van der Waals surface area contributed by atoms with E-state index in [1.807, 2.05) is 28.9 Å². The summed E-state index contributed by atoms with van der Waals surface area (Å²) in [5.41, 5.74) is 4.06. The smallest absolute Gasteiger partial charge is 0.154 e. The maximum absolute atomic E-state index is 4.91. The van der Waals surface area contributed by atoms with Gasteiger partial charge in [0.05, 0.1) is 12.2 Å². The van der Waals surface area contributed by atoms with Crippen molar-refractivity contribution in [3.63, 3.8) is 0 Å². The lowest BCUT2D eigenvalue weighted by Crippen LogP contribution is -2.54. The minimum Gasteiger partial charge on any atom is -0.363 e. The third-order valence-electron chi connectivity index (χ3n) is 5.56. The summed E-state index contributed by atoms with van der Waals surface area (Å²) in [6.07, 6.45) is 7.11. The normalized spacial score (nSPS) is 19.0. The number of fused-ring (bicyclic) bond motifs is 1. The maximum Gasteiger partial charge on any atom is 0.154 e. The van der Waals surface area contributed by atoms with Crippen LogP contribution in [-0.2, 0) is 6.54 Å². The average Bonchev–Trinajstić information content (AvgIpc) is 3.23. The van der Waals surface area contributed by atoms with Crippen molar-refractivity contribution in [2.45, 2.75) is 32.5 Å². The summed E-state index contributed by atoms with van der Waals surface area (Å²) >= 11 is 0. The summed E-state index contributed by atoms with van der Waals surface area (Å²) in [6, 6.07) is 13.1. The van der Waals surface area contributed by atoms with E-state index in [4.69, 9.17) is 4.98 Å². The van der Waals surface area contributed by atoms with Gasteiger partial charge in [-0.3, -0.25) is 4.98 Å². The van der Waals surface area contributed by atoms with E-state index < -0.39 is 0 Å². The van der Waals surface area contributed by atoms with Gasteiger partial charge in [0.15, 0.2) is 5.82 Å². The number of nitrogens with one attached hydrogen (secondary N) is 2. The van der Waals surface area contributed by atoms with Crippen LogP contribution in [0, 0.1) is 0 Å². The molecule has 2 atom stereocenters. The summed E-state index contributed by atoms with van der Waals surface area (Å²) in [5.74, 6) is 1.80. The first-order chi connectivity index (χ1) is 15.2. The number of hydrogen-bond donors (Lipinski definition) is 2. The van der Waals surface area contributed by atoms with Crippen molar-refractivity contribution < 1.29 is 0 Å². The van der Waals surface area contributed by atoms with Crippen molar-refractivity contribution in [3.8, 4) is 11.1 Å². The summed E-state index contributed by atoms with van der Waals surface area (Å²) in [4.78, 5) is 15.9. The van der Waals surface area contributed by atoms with E-state index >= 15 is 0 Å². The van der Waals surface area contributed by atoms with E-state index in [1.54, 1.807) is 18.7 Å². The zero-order chi connectivity index (χ0) is 21.2. The number of hydrogen-bond acceptors (Lipinski definition) is 7. The zero-order valence-electron chi connectivity index (χ0n) is 17.7. The minimum absolute atomic E-state index is 0.447. The van der Waals surface area contributed by atoms with Crippen LogP contribution in [0.3, 0.4) is 0 Å². The van der Waals surface area contributed by atoms with E-state index in [-0.39, 0.29) is 0 Å². The number of piperazine rings is 1. The predicted octanol–water partition coefficient (Wildman–Crippen LogP) is 2.99. The molecule has 1 saturated heterocycles. The fraction of sp³-hybridized carbons (Fsp3) is 0.304. The second-order valence-corrected chi connectivity index (χ2v) is 8.08. The first-order valence-corrected chi connectivity index (χ1v) is 10.6. The lowest BCUT2D eigenvalue weighted by molar-refractivity contribution is 0.405. The molecule has 31 heavy (non-hydrogen) atoms. The Balaban J connectivity index is 1.39. The Morgan fingerprint density at radius 2 is 1.87 bits per heavy atom. The van der Waals surface area contributed by atoms with E-state index in [2.05, 4.69) is 62.6 Å². The van der Waals surface area contributed by atoms with Crippen LogP contribution in [0.2, 0.25) is 0 Å². The van der Waals surface area contributed by atoms with Crippen LogP contribution < -0.4 is 15.5 Å². The lowest BCUT2D eigenvalue weighted by Gasteiger charge is -2.37. The Hall–Kier alpha value is -3.52. The van der Waals surface area contributed by atoms with E-state index in [0.29, 0.717) is 18.6 Å². The molecule has 4 aromatic heterocycles. The van der Waals surface area contributed by atoms with Gasteiger partial charge < -0.3 is 15.5 Å². The molecule has 8 nitrogen and oxygen atoms in total. The molecule has 0 saturated carbocycles. The first-order valence-electron chi connectivity index (χ1n) is 10.6. The molecule has 1 aliphatic heterocycles. The monoisotopic (exact) mass is 414 g/mol. The Bertz CT molecular complexity index is 1160. The number of anilines is 2. The van der Waals surface area contributed by atoms with Gasteiger partial charge in [0.2, 0.25) is 0 Å². The SMILES string of the molecule is C[C@@H]1CN(c2cccc(CNc3ncnn4ccc(-c5ccncc5)c34)n2)C[C@H](C)N1. The molecule has 4 aromatic rings. The van der Waals surface area contributed by atoms with Gasteiger partial charge >= 0.3 is 0 Å². The van der Waals surface area contributed by atoms with Gasteiger partial charge in [-0.2, -0.15) is 5.10 Å². The Kier molecular flexibility index (Phi) is 5.21. The number of aromatic nitrogens is 5. The molecule has 1 fully saturated rings. The number of nitrogens with zero attached hydrogens (tertiary/aromatic N) is 6. The van der Waals surface area contributed by atoms with Crippen LogP contribution in [0.4, 0.5) is 11.6 Å². The van der Waals surface area contributed by atoms with Gasteiger partial charge in [-0.15, -0.1) is 0 Å². The maximum atomic E-state index is 4.91. The first kappa shape index (κ1) is 19.4. The molecule has 158 valence electrons. The molecular formula is C23H26N8. The van der Waals surface area contributed by atoms with Crippen molar-refractivity contribution >= 4 is 17.2 Å². The van der Waals surface area contributed by atoms with Gasteiger partial charge in [-0.1, -0.05) is 6.07 Å². The van der Waals surface area contributed by atoms with Gasteiger partial charge in [-0.05, 0) is 49.7 Å². The fourth-order valence-electron chi connectivity index (χ4n) is 4.28. The second-order valence-electron chi connectivity index (χ2n) is 8.08. The molecule has 0 amide bonds. The Morgan fingerprint density at radius 3 is 2.68 bits per heavy atom. The highest BCUT2D eigenvalue weighted by Gasteiger charge is 2.22. The van der Waals surface area contributed by atoms with Gasteiger partial charge in [0.25, 0.3) is 0 Å². The molecule has 1 aliphatic rings. The van der Waals surface area contributed by atoms with Crippen molar-refractivity contribution in [3.05, 3.63) is 67.0 Å². The average molecular weight is 415 g/mol. The van der Waals surface area contributed by atoms with Crippen molar-refractivity contribution in [2.75, 3.05) is 23.3 Å².